The first-order valence-electron chi connectivity index (χ1n) is 4.23. The van der Waals surface area contributed by atoms with E-state index in [-0.39, 0.29) is 31.0 Å². The van der Waals surface area contributed by atoms with E-state index in [0.29, 0.717) is 0 Å². The maximum atomic E-state index is 2.12. The van der Waals surface area contributed by atoms with Crippen LogP contribution in [-0.2, 0) is 0 Å². The standard InChI is InChI=1S/C12H10S.Na.H/c1-3-7-11(8-4-1)13-12-9-5-2-6-10-12;;/h1-10H;;/q;+1;-1. The monoisotopic (exact) mass is 210 g/mol. The van der Waals surface area contributed by atoms with Crippen molar-refractivity contribution >= 4 is 11.8 Å². The van der Waals surface area contributed by atoms with E-state index in [9.17, 15) is 0 Å². The van der Waals surface area contributed by atoms with Crippen molar-refractivity contribution in [1.29, 1.82) is 0 Å². The summed E-state index contributed by atoms with van der Waals surface area (Å²) in [5.41, 5.74) is 0. The van der Waals surface area contributed by atoms with Crippen molar-refractivity contribution in [1.82, 2.24) is 0 Å². The summed E-state index contributed by atoms with van der Waals surface area (Å²) in [5.74, 6) is 0. The van der Waals surface area contributed by atoms with Gasteiger partial charge in [0.05, 0.1) is 0 Å². The minimum Gasteiger partial charge on any atom is -1.00 e. The molecular formula is C12H11NaS. The second-order valence-corrected chi connectivity index (χ2v) is 3.88. The first kappa shape index (κ1) is 11.9. The molecule has 0 unspecified atom stereocenters. The molecule has 2 rings (SSSR count). The summed E-state index contributed by atoms with van der Waals surface area (Å²) in [7, 11) is 0. The maximum Gasteiger partial charge on any atom is 1.00 e. The molecule has 66 valence electrons. The van der Waals surface area contributed by atoms with Gasteiger partial charge in [0.1, 0.15) is 0 Å². The van der Waals surface area contributed by atoms with Crippen LogP contribution in [0.25, 0.3) is 0 Å². The summed E-state index contributed by atoms with van der Waals surface area (Å²) in [6.45, 7) is 0. The van der Waals surface area contributed by atoms with Gasteiger partial charge >= 0.3 is 29.6 Å². The average Bonchev–Trinajstić information content (AvgIpc) is 2.21. The summed E-state index contributed by atoms with van der Waals surface area (Å²) < 4.78 is 0. The Kier molecular flexibility index (Phi) is 5.34. The molecule has 0 aliphatic carbocycles. The minimum atomic E-state index is 0. The number of hydrogen-bond donors (Lipinski definition) is 0. The zero-order chi connectivity index (χ0) is 8.93. The van der Waals surface area contributed by atoms with E-state index in [1.807, 2.05) is 12.1 Å². The van der Waals surface area contributed by atoms with Crippen LogP contribution < -0.4 is 29.6 Å². The van der Waals surface area contributed by atoms with E-state index in [4.69, 9.17) is 0 Å². The zero-order valence-electron chi connectivity index (χ0n) is 9.18. The van der Waals surface area contributed by atoms with Gasteiger partial charge in [0.15, 0.2) is 0 Å². The molecule has 0 atom stereocenters. The number of benzene rings is 2. The number of hydrogen-bond acceptors (Lipinski definition) is 1. The fourth-order valence-corrected chi connectivity index (χ4v) is 1.97. The van der Waals surface area contributed by atoms with Crippen LogP contribution in [0.4, 0.5) is 0 Å². The van der Waals surface area contributed by atoms with Crippen molar-refractivity contribution in [2.75, 3.05) is 0 Å². The van der Waals surface area contributed by atoms with E-state index in [1.165, 1.54) is 9.79 Å². The molecule has 0 aromatic heterocycles. The zero-order valence-corrected chi connectivity index (χ0v) is 11.0. The van der Waals surface area contributed by atoms with E-state index in [1.54, 1.807) is 11.8 Å². The molecule has 0 bridgehead atoms. The molecule has 0 spiro atoms. The topological polar surface area (TPSA) is 0 Å². The molecule has 0 nitrogen and oxygen atoms in total. The Bertz CT molecular complexity index is 326. The van der Waals surface area contributed by atoms with Crippen molar-refractivity contribution in [3.8, 4) is 0 Å². The second-order valence-electron chi connectivity index (χ2n) is 2.73. The Morgan fingerprint density at radius 2 is 1.00 bits per heavy atom. The summed E-state index contributed by atoms with van der Waals surface area (Å²) >= 11 is 1.79. The van der Waals surface area contributed by atoms with Crippen molar-refractivity contribution in [2.45, 2.75) is 9.79 Å². The van der Waals surface area contributed by atoms with Crippen molar-refractivity contribution in [3.05, 3.63) is 60.7 Å². The van der Waals surface area contributed by atoms with Gasteiger partial charge in [0.2, 0.25) is 0 Å². The van der Waals surface area contributed by atoms with E-state index in [2.05, 4.69) is 48.5 Å². The Labute approximate surface area is 113 Å². The van der Waals surface area contributed by atoms with Crippen LogP contribution in [0.1, 0.15) is 1.43 Å². The van der Waals surface area contributed by atoms with Gasteiger partial charge in [0, 0.05) is 9.79 Å². The summed E-state index contributed by atoms with van der Waals surface area (Å²) in [4.78, 5) is 2.57. The third kappa shape index (κ3) is 3.50. The van der Waals surface area contributed by atoms with Crippen LogP contribution in [0.5, 0.6) is 0 Å². The summed E-state index contributed by atoms with van der Waals surface area (Å²) in [5, 5.41) is 0. The molecule has 0 saturated carbocycles. The normalized spacial score (nSPS) is 9.14. The summed E-state index contributed by atoms with van der Waals surface area (Å²) in [6, 6.07) is 20.8. The molecule has 2 aromatic carbocycles. The molecule has 0 heterocycles. The molecule has 0 aliphatic rings. The quantitative estimate of drug-likeness (QED) is 0.665. The van der Waals surface area contributed by atoms with Crippen molar-refractivity contribution < 1.29 is 31.0 Å². The second kappa shape index (κ2) is 6.31. The fraction of sp³-hybridized carbons (Fsp3) is 0. The van der Waals surface area contributed by atoms with Gasteiger partial charge in [-0.1, -0.05) is 48.2 Å². The molecule has 0 saturated heterocycles. The molecule has 0 amide bonds. The molecule has 0 fully saturated rings. The average molecular weight is 210 g/mol. The van der Waals surface area contributed by atoms with Crippen LogP contribution in [0.15, 0.2) is 70.5 Å². The maximum absolute atomic E-state index is 2.12. The predicted molar refractivity (Wildman–Crippen MR) is 58.1 cm³/mol. The largest absolute Gasteiger partial charge is 1.00 e. The molecular weight excluding hydrogens is 199 g/mol. The first-order valence-corrected chi connectivity index (χ1v) is 5.05. The van der Waals surface area contributed by atoms with E-state index >= 15 is 0 Å². The van der Waals surface area contributed by atoms with Gasteiger partial charge < -0.3 is 1.43 Å². The third-order valence-corrected chi connectivity index (χ3v) is 2.74. The predicted octanol–water partition coefficient (Wildman–Crippen LogP) is 0.954. The molecule has 2 aromatic rings. The molecule has 0 N–H and O–H groups in total. The van der Waals surface area contributed by atoms with Crippen molar-refractivity contribution in [2.24, 2.45) is 0 Å². The minimum absolute atomic E-state index is 0. The Hall–Kier alpha value is -0.210. The molecule has 0 radical (unpaired) electrons. The van der Waals surface area contributed by atoms with Gasteiger partial charge in [-0.25, -0.2) is 0 Å². The van der Waals surface area contributed by atoms with Gasteiger partial charge in [-0.2, -0.15) is 0 Å². The van der Waals surface area contributed by atoms with Gasteiger partial charge in [0.25, 0.3) is 0 Å². The first-order chi connectivity index (χ1) is 6.45. The Balaban J connectivity index is 0.000000980. The fourth-order valence-electron chi connectivity index (χ4n) is 1.11. The molecule has 14 heavy (non-hydrogen) atoms. The van der Waals surface area contributed by atoms with E-state index < -0.39 is 0 Å². The van der Waals surface area contributed by atoms with E-state index in [0.717, 1.165) is 0 Å². The smallest absolute Gasteiger partial charge is 1.00 e. The summed E-state index contributed by atoms with van der Waals surface area (Å²) in [6.07, 6.45) is 0. The van der Waals surface area contributed by atoms with Crippen LogP contribution in [0.3, 0.4) is 0 Å². The van der Waals surface area contributed by atoms with Crippen molar-refractivity contribution in [3.63, 3.8) is 0 Å². The number of rotatable bonds is 2. The Morgan fingerprint density at radius 3 is 1.36 bits per heavy atom. The van der Waals surface area contributed by atoms with Gasteiger partial charge in [-0.3, -0.25) is 0 Å². The molecule has 0 aliphatic heterocycles. The van der Waals surface area contributed by atoms with Crippen LogP contribution in [0, 0.1) is 0 Å². The van der Waals surface area contributed by atoms with Gasteiger partial charge in [-0.15, -0.1) is 0 Å². The SMILES string of the molecule is [H-].[Na+].c1ccc(Sc2ccccc2)cc1. The van der Waals surface area contributed by atoms with Crippen LogP contribution in [-0.4, -0.2) is 0 Å². The Morgan fingerprint density at radius 1 is 0.643 bits per heavy atom. The van der Waals surface area contributed by atoms with Crippen LogP contribution >= 0.6 is 11.8 Å². The third-order valence-electron chi connectivity index (χ3n) is 1.72. The van der Waals surface area contributed by atoms with Crippen LogP contribution in [0.2, 0.25) is 0 Å². The molecule has 2 heteroatoms. The van der Waals surface area contributed by atoms with Gasteiger partial charge in [-0.05, 0) is 24.3 Å².